The molecule has 0 radical (unpaired) electrons. The maximum Gasteiger partial charge on any atom is 0.348 e. The third kappa shape index (κ3) is 1.73. The van der Waals surface area contributed by atoms with Gasteiger partial charge in [0.1, 0.15) is 11.6 Å². The molecule has 0 amide bonds. The Morgan fingerprint density at radius 3 is 2.56 bits per heavy atom. The fraction of sp³-hybridized carbons (Fsp3) is 0.200. The van der Waals surface area contributed by atoms with Gasteiger partial charge in [-0.25, -0.2) is 13.6 Å². The van der Waals surface area contributed by atoms with Crippen LogP contribution in [0.4, 0.5) is 8.78 Å². The van der Waals surface area contributed by atoms with Gasteiger partial charge in [0.15, 0.2) is 0 Å². The molecule has 4 nitrogen and oxygen atoms in total. The van der Waals surface area contributed by atoms with E-state index in [1.807, 2.05) is 0 Å². The number of aliphatic carboxylic acids is 1. The third-order valence-electron chi connectivity index (χ3n) is 2.20. The summed E-state index contributed by atoms with van der Waals surface area (Å²) >= 11 is 0. The van der Waals surface area contributed by atoms with Crippen molar-refractivity contribution in [1.29, 1.82) is 0 Å². The van der Waals surface area contributed by atoms with Crippen LogP contribution in [0.15, 0.2) is 23.4 Å². The summed E-state index contributed by atoms with van der Waals surface area (Å²) in [6, 6.07) is 3.38. The highest BCUT2D eigenvalue weighted by Gasteiger charge is 2.31. The molecule has 84 valence electrons. The number of rotatable bonds is 2. The summed E-state index contributed by atoms with van der Waals surface area (Å²) in [5.74, 6) is -2.78. The SMILES string of the molecule is O=C(O)[C@@H]1CC(c2c(F)cccc2F)=NO1. The topological polar surface area (TPSA) is 58.9 Å². The summed E-state index contributed by atoms with van der Waals surface area (Å²) in [5.41, 5.74) is -0.353. The normalized spacial score (nSPS) is 19.1. The number of oxime groups is 1. The van der Waals surface area contributed by atoms with Crippen molar-refractivity contribution in [3.63, 3.8) is 0 Å². The second-order valence-electron chi connectivity index (χ2n) is 3.27. The Morgan fingerprint density at radius 2 is 2.06 bits per heavy atom. The van der Waals surface area contributed by atoms with Crippen LogP contribution >= 0.6 is 0 Å². The second-order valence-corrected chi connectivity index (χ2v) is 3.27. The van der Waals surface area contributed by atoms with Gasteiger partial charge >= 0.3 is 5.97 Å². The predicted molar refractivity (Wildman–Crippen MR) is 50.0 cm³/mol. The van der Waals surface area contributed by atoms with Gasteiger partial charge in [0, 0.05) is 6.42 Å². The molecule has 1 N–H and O–H groups in total. The van der Waals surface area contributed by atoms with Gasteiger partial charge < -0.3 is 9.94 Å². The summed E-state index contributed by atoms with van der Waals surface area (Å²) in [6.45, 7) is 0. The molecule has 0 bridgehead atoms. The Morgan fingerprint density at radius 1 is 1.44 bits per heavy atom. The maximum absolute atomic E-state index is 13.3. The van der Waals surface area contributed by atoms with Crippen molar-refractivity contribution in [2.24, 2.45) is 5.16 Å². The van der Waals surface area contributed by atoms with E-state index in [1.165, 1.54) is 6.07 Å². The smallest absolute Gasteiger partial charge is 0.348 e. The monoisotopic (exact) mass is 227 g/mol. The largest absolute Gasteiger partial charge is 0.478 e. The summed E-state index contributed by atoms with van der Waals surface area (Å²) in [5, 5.41) is 12.0. The molecule has 1 aliphatic rings. The van der Waals surface area contributed by atoms with Crippen LogP contribution in [0.2, 0.25) is 0 Å². The predicted octanol–water partition coefficient (Wildman–Crippen LogP) is 1.54. The average Bonchev–Trinajstić information content (AvgIpc) is 2.66. The first-order chi connectivity index (χ1) is 7.59. The molecule has 2 rings (SSSR count). The number of nitrogens with zero attached hydrogens (tertiary/aromatic N) is 1. The van der Waals surface area contributed by atoms with E-state index in [4.69, 9.17) is 5.11 Å². The molecule has 0 saturated heterocycles. The van der Waals surface area contributed by atoms with E-state index >= 15 is 0 Å². The van der Waals surface area contributed by atoms with E-state index in [1.54, 1.807) is 0 Å². The molecule has 0 fully saturated rings. The van der Waals surface area contributed by atoms with Crippen molar-refractivity contribution in [3.8, 4) is 0 Å². The van der Waals surface area contributed by atoms with Gasteiger partial charge in [0.25, 0.3) is 0 Å². The van der Waals surface area contributed by atoms with E-state index in [0.717, 1.165) is 12.1 Å². The van der Waals surface area contributed by atoms with Crippen molar-refractivity contribution < 1.29 is 23.5 Å². The van der Waals surface area contributed by atoms with Crippen molar-refractivity contribution >= 4 is 11.7 Å². The third-order valence-corrected chi connectivity index (χ3v) is 2.20. The average molecular weight is 227 g/mol. The fourth-order valence-corrected chi connectivity index (χ4v) is 1.43. The molecular formula is C10H7F2NO3. The number of hydrogen-bond acceptors (Lipinski definition) is 3. The lowest BCUT2D eigenvalue weighted by molar-refractivity contribution is -0.148. The quantitative estimate of drug-likeness (QED) is 0.833. The molecule has 1 aromatic carbocycles. The summed E-state index contributed by atoms with van der Waals surface area (Å²) in [6.07, 6.45) is -1.32. The molecule has 1 atom stereocenters. The zero-order valence-electron chi connectivity index (χ0n) is 7.98. The molecule has 16 heavy (non-hydrogen) atoms. The van der Waals surface area contributed by atoms with E-state index in [9.17, 15) is 13.6 Å². The molecule has 6 heteroatoms. The van der Waals surface area contributed by atoms with Gasteiger partial charge in [-0.15, -0.1) is 0 Å². The number of carboxylic acids is 1. The Kier molecular flexibility index (Phi) is 2.55. The lowest BCUT2D eigenvalue weighted by Crippen LogP contribution is -2.20. The minimum Gasteiger partial charge on any atom is -0.478 e. The van der Waals surface area contributed by atoms with Crippen LogP contribution in [0, 0.1) is 11.6 Å². The van der Waals surface area contributed by atoms with E-state index in [2.05, 4.69) is 9.99 Å². The van der Waals surface area contributed by atoms with Crippen LogP contribution < -0.4 is 0 Å². The molecule has 1 heterocycles. The highest BCUT2D eigenvalue weighted by molar-refractivity contribution is 6.03. The second kappa shape index (κ2) is 3.88. The van der Waals surface area contributed by atoms with Crippen LogP contribution in [0.1, 0.15) is 12.0 Å². The first-order valence-corrected chi connectivity index (χ1v) is 4.49. The molecule has 0 unspecified atom stereocenters. The lowest BCUT2D eigenvalue weighted by atomic mass is 10.0. The molecule has 1 aromatic rings. The van der Waals surface area contributed by atoms with Gasteiger partial charge in [-0.1, -0.05) is 11.2 Å². The molecule has 0 saturated carbocycles. The highest BCUT2D eigenvalue weighted by Crippen LogP contribution is 2.21. The Bertz CT molecular complexity index is 453. The van der Waals surface area contributed by atoms with E-state index in [-0.39, 0.29) is 17.7 Å². The van der Waals surface area contributed by atoms with Gasteiger partial charge in [-0.3, -0.25) is 0 Å². The highest BCUT2D eigenvalue weighted by atomic mass is 19.1. The summed E-state index contributed by atoms with van der Waals surface area (Å²) in [4.78, 5) is 15.1. The van der Waals surface area contributed by atoms with Gasteiger partial charge in [-0.2, -0.15) is 0 Å². The number of carbonyl (C=O) groups is 1. The zero-order chi connectivity index (χ0) is 11.7. The molecular weight excluding hydrogens is 220 g/mol. The minimum absolute atomic E-state index is 0.0250. The lowest BCUT2D eigenvalue weighted by Gasteiger charge is -2.02. The van der Waals surface area contributed by atoms with Gasteiger partial charge in [0.05, 0.1) is 11.3 Å². The van der Waals surface area contributed by atoms with Gasteiger partial charge in [0.2, 0.25) is 6.10 Å². The minimum atomic E-state index is -1.21. The van der Waals surface area contributed by atoms with Gasteiger partial charge in [-0.05, 0) is 12.1 Å². The fourth-order valence-electron chi connectivity index (χ4n) is 1.43. The Labute approximate surface area is 89.1 Å². The van der Waals surface area contributed by atoms with Crippen LogP contribution in [-0.2, 0) is 9.63 Å². The number of halogens is 2. The molecule has 0 spiro atoms. The van der Waals surface area contributed by atoms with Crippen LogP contribution in [0.3, 0.4) is 0 Å². The standard InChI is InChI=1S/C10H7F2NO3/c11-5-2-1-3-6(12)9(5)7-4-8(10(14)15)16-13-7/h1-3,8H,4H2,(H,14,15)/t8-/m0/s1. The van der Waals surface area contributed by atoms with Crippen molar-refractivity contribution in [3.05, 3.63) is 35.4 Å². The summed E-state index contributed by atoms with van der Waals surface area (Å²) < 4.78 is 26.6. The van der Waals surface area contributed by atoms with E-state index < -0.39 is 23.7 Å². The first kappa shape index (κ1) is 10.5. The maximum atomic E-state index is 13.3. The number of carboxylic acid groups (broad SMARTS) is 1. The van der Waals surface area contributed by atoms with Crippen LogP contribution in [-0.4, -0.2) is 22.9 Å². The number of benzene rings is 1. The molecule has 0 aromatic heterocycles. The van der Waals surface area contributed by atoms with Crippen LogP contribution in [0.5, 0.6) is 0 Å². The first-order valence-electron chi connectivity index (χ1n) is 4.49. The molecule has 0 aliphatic carbocycles. The van der Waals surface area contributed by atoms with Crippen molar-refractivity contribution in [2.45, 2.75) is 12.5 Å². The van der Waals surface area contributed by atoms with Crippen molar-refractivity contribution in [2.75, 3.05) is 0 Å². The van der Waals surface area contributed by atoms with Crippen LogP contribution in [0.25, 0.3) is 0 Å². The Hall–Kier alpha value is -1.98. The summed E-state index contributed by atoms with van der Waals surface area (Å²) in [7, 11) is 0. The Balaban J connectivity index is 2.31. The number of hydrogen-bond donors (Lipinski definition) is 1. The zero-order valence-corrected chi connectivity index (χ0v) is 7.98. The van der Waals surface area contributed by atoms with Crippen molar-refractivity contribution in [1.82, 2.24) is 0 Å². The van der Waals surface area contributed by atoms with E-state index in [0.29, 0.717) is 0 Å². The molecule has 1 aliphatic heterocycles.